The van der Waals surface area contributed by atoms with Crippen molar-refractivity contribution in [2.45, 2.75) is 25.7 Å². The molecule has 0 radical (unpaired) electrons. The summed E-state index contributed by atoms with van der Waals surface area (Å²) in [6.07, 6.45) is -0.515. The van der Waals surface area contributed by atoms with E-state index in [-0.39, 0.29) is 35.7 Å². The molecular weight excluding hydrogens is 500 g/mol. The van der Waals surface area contributed by atoms with Gasteiger partial charge in [0.05, 0.1) is 20.3 Å². The minimum absolute atomic E-state index is 0.0345. The summed E-state index contributed by atoms with van der Waals surface area (Å²) in [5, 5.41) is 0. The van der Waals surface area contributed by atoms with Gasteiger partial charge in [0.2, 0.25) is 11.8 Å². The molecule has 2 heterocycles. The molecular formula is C22H23BrN2O8. The van der Waals surface area contributed by atoms with Crippen LogP contribution in [-0.4, -0.2) is 51.2 Å². The average Bonchev–Trinajstić information content (AvgIpc) is 2.96. The number of hydrogen-bond acceptors (Lipinski definition) is 9. The first kappa shape index (κ1) is 24.3. The van der Waals surface area contributed by atoms with Gasteiger partial charge in [0, 0.05) is 22.8 Å². The number of halogens is 1. The molecule has 176 valence electrons. The van der Waals surface area contributed by atoms with E-state index in [2.05, 4.69) is 15.9 Å². The highest BCUT2D eigenvalue weighted by Crippen LogP contribution is 2.55. The molecule has 0 fully saturated rings. The monoisotopic (exact) mass is 522 g/mol. The van der Waals surface area contributed by atoms with Crippen molar-refractivity contribution in [1.82, 2.24) is 0 Å². The number of fused-ring (bicyclic) bond motifs is 2. The van der Waals surface area contributed by atoms with Crippen LogP contribution in [0.25, 0.3) is 0 Å². The molecule has 0 aromatic heterocycles. The van der Waals surface area contributed by atoms with Crippen LogP contribution in [0.15, 0.2) is 45.5 Å². The second kappa shape index (κ2) is 9.26. The van der Waals surface area contributed by atoms with Crippen LogP contribution in [0.2, 0.25) is 0 Å². The zero-order valence-electron chi connectivity index (χ0n) is 18.5. The molecule has 10 nitrogen and oxygen atoms in total. The van der Waals surface area contributed by atoms with Crippen molar-refractivity contribution in [2.75, 3.05) is 32.3 Å². The maximum Gasteiger partial charge on any atom is 0.340 e. The fraction of sp³-hybridized carbons (Fsp3) is 0.364. The number of benzene rings is 1. The Morgan fingerprint density at radius 3 is 2.39 bits per heavy atom. The number of methoxy groups -OCH3 is 1. The summed E-state index contributed by atoms with van der Waals surface area (Å²) in [4.78, 5) is 53.8. The van der Waals surface area contributed by atoms with Gasteiger partial charge in [0.15, 0.2) is 0 Å². The van der Waals surface area contributed by atoms with E-state index < -0.39 is 41.5 Å². The van der Waals surface area contributed by atoms with Crippen molar-refractivity contribution in [3.63, 3.8) is 0 Å². The number of likely N-dealkylation sites (N-methyl/N-ethyl adjacent to an activating group) is 1. The molecule has 2 aliphatic rings. The third kappa shape index (κ3) is 3.75. The minimum Gasteiger partial charge on any atom is -0.466 e. The van der Waals surface area contributed by atoms with Crippen LogP contribution in [-0.2, 0) is 43.5 Å². The molecule has 1 atom stereocenters. The van der Waals surface area contributed by atoms with E-state index in [9.17, 15) is 19.2 Å². The largest absolute Gasteiger partial charge is 0.466 e. The Morgan fingerprint density at radius 1 is 1.12 bits per heavy atom. The molecule has 1 aromatic carbocycles. The van der Waals surface area contributed by atoms with Gasteiger partial charge in [-0.25, -0.2) is 9.59 Å². The lowest BCUT2D eigenvalue weighted by Crippen LogP contribution is -2.50. The van der Waals surface area contributed by atoms with Gasteiger partial charge in [-0.2, -0.15) is 0 Å². The molecule has 11 heteroatoms. The SMILES string of the molecule is CCOC(=O)CC1=C(C(=O)OCC)[C@@]2(C(=O)N(C)c3ccc(Br)cc32)C(C(=O)OC)=C(N)O1. The lowest BCUT2D eigenvalue weighted by molar-refractivity contribution is -0.143. The Labute approximate surface area is 198 Å². The van der Waals surface area contributed by atoms with Crippen molar-refractivity contribution in [2.24, 2.45) is 5.73 Å². The zero-order chi connectivity index (χ0) is 24.5. The summed E-state index contributed by atoms with van der Waals surface area (Å²) >= 11 is 3.38. The van der Waals surface area contributed by atoms with Crippen LogP contribution in [0.1, 0.15) is 25.8 Å². The molecule has 0 unspecified atom stereocenters. The third-order valence-electron chi connectivity index (χ3n) is 5.34. The van der Waals surface area contributed by atoms with Crippen molar-refractivity contribution in [1.29, 1.82) is 0 Å². The number of ether oxygens (including phenoxy) is 4. The van der Waals surface area contributed by atoms with Crippen molar-refractivity contribution in [3.05, 3.63) is 51.0 Å². The van der Waals surface area contributed by atoms with E-state index in [1.165, 1.54) is 11.9 Å². The Balaban J connectivity index is 2.46. The fourth-order valence-electron chi connectivity index (χ4n) is 4.11. The molecule has 2 N–H and O–H groups in total. The van der Waals surface area contributed by atoms with Crippen LogP contribution in [0.5, 0.6) is 0 Å². The van der Waals surface area contributed by atoms with Crippen LogP contribution < -0.4 is 10.6 Å². The lowest BCUT2D eigenvalue weighted by atomic mass is 9.67. The van der Waals surface area contributed by atoms with Gasteiger partial charge in [0.1, 0.15) is 28.7 Å². The van der Waals surface area contributed by atoms with Gasteiger partial charge in [0.25, 0.3) is 0 Å². The molecule has 2 aliphatic heterocycles. The summed E-state index contributed by atoms with van der Waals surface area (Å²) in [6.45, 7) is 3.25. The maximum absolute atomic E-state index is 13.9. The third-order valence-corrected chi connectivity index (χ3v) is 5.83. The molecule has 33 heavy (non-hydrogen) atoms. The zero-order valence-corrected chi connectivity index (χ0v) is 20.1. The quantitative estimate of drug-likeness (QED) is 0.438. The van der Waals surface area contributed by atoms with Gasteiger partial charge < -0.3 is 29.6 Å². The molecule has 1 amide bonds. The lowest BCUT2D eigenvalue weighted by Gasteiger charge is -2.36. The predicted molar refractivity (Wildman–Crippen MR) is 118 cm³/mol. The molecule has 0 saturated carbocycles. The second-order valence-corrected chi connectivity index (χ2v) is 8.02. The average molecular weight is 523 g/mol. The van der Waals surface area contributed by atoms with E-state index in [0.29, 0.717) is 10.2 Å². The molecule has 1 aromatic rings. The van der Waals surface area contributed by atoms with E-state index in [0.717, 1.165) is 7.11 Å². The minimum atomic E-state index is -2.06. The molecule has 0 aliphatic carbocycles. The van der Waals surface area contributed by atoms with Crippen molar-refractivity contribution >= 4 is 45.4 Å². The predicted octanol–water partition coefficient (Wildman–Crippen LogP) is 1.81. The van der Waals surface area contributed by atoms with Gasteiger partial charge in [-0.05, 0) is 32.0 Å². The van der Waals surface area contributed by atoms with Crippen LogP contribution in [0, 0.1) is 0 Å². The van der Waals surface area contributed by atoms with Crippen LogP contribution >= 0.6 is 15.9 Å². The topological polar surface area (TPSA) is 134 Å². The molecule has 1 spiro atoms. The van der Waals surface area contributed by atoms with E-state index in [1.807, 2.05) is 0 Å². The number of anilines is 1. The van der Waals surface area contributed by atoms with E-state index >= 15 is 0 Å². The first-order chi connectivity index (χ1) is 15.6. The van der Waals surface area contributed by atoms with Crippen molar-refractivity contribution < 1.29 is 38.1 Å². The summed E-state index contributed by atoms with van der Waals surface area (Å²) < 4.78 is 21.3. The highest BCUT2D eigenvalue weighted by molar-refractivity contribution is 9.10. The Kier molecular flexibility index (Phi) is 6.82. The smallest absolute Gasteiger partial charge is 0.340 e. The molecule has 3 rings (SSSR count). The Bertz CT molecular complexity index is 1110. The van der Waals surface area contributed by atoms with E-state index in [4.69, 9.17) is 24.7 Å². The number of carbonyl (C=O) groups excluding carboxylic acids is 4. The highest BCUT2D eigenvalue weighted by atomic mass is 79.9. The number of nitrogens with zero attached hydrogens (tertiary/aromatic N) is 1. The fourth-order valence-corrected chi connectivity index (χ4v) is 4.47. The number of nitrogens with two attached hydrogens (primary N) is 1. The second-order valence-electron chi connectivity index (χ2n) is 7.11. The molecule has 0 bridgehead atoms. The summed E-state index contributed by atoms with van der Waals surface area (Å²) in [5.74, 6) is -4.01. The Morgan fingerprint density at radius 2 is 1.79 bits per heavy atom. The first-order valence-electron chi connectivity index (χ1n) is 10.1. The number of esters is 3. The molecule has 0 saturated heterocycles. The van der Waals surface area contributed by atoms with E-state index in [1.54, 1.807) is 32.0 Å². The number of rotatable bonds is 6. The summed E-state index contributed by atoms with van der Waals surface area (Å²) in [7, 11) is 2.61. The summed E-state index contributed by atoms with van der Waals surface area (Å²) in [5.41, 5.74) is 4.06. The first-order valence-corrected chi connectivity index (χ1v) is 10.8. The number of carbonyl (C=O) groups is 4. The van der Waals surface area contributed by atoms with Gasteiger partial charge >= 0.3 is 17.9 Å². The Hall–Kier alpha value is -3.34. The van der Waals surface area contributed by atoms with Crippen LogP contribution in [0.4, 0.5) is 5.69 Å². The standard InChI is InChI=1S/C22H23BrN2O8/c1-5-31-15(26)10-14-16(20(28)32-6-2)22(17(18(24)33-14)19(27)30-4)12-9-11(23)7-8-13(12)25(3)21(22)29/h7-9H,5-6,10,24H2,1-4H3/t22-/m1/s1. The number of amides is 1. The summed E-state index contributed by atoms with van der Waals surface area (Å²) in [6, 6.07) is 4.96. The maximum atomic E-state index is 13.9. The van der Waals surface area contributed by atoms with Gasteiger partial charge in [-0.3, -0.25) is 9.59 Å². The number of hydrogen-bond donors (Lipinski definition) is 1. The highest BCUT2D eigenvalue weighted by Gasteiger charge is 2.63. The normalized spacial score (nSPS) is 19.4. The van der Waals surface area contributed by atoms with Gasteiger partial charge in [-0.1, -0.05) is 15.9 Å². The van der Waals surface area contributed by atoms with Gasteiger partial charge in [-0.15, -0.1) is 0 Å². The van der Waals surface area contributed by atoms with Crippen molar-refractivity contribution in [3.8, 4) is 0 Å². The van der Waals surface area contributed by atoms with Crippen LogP contribution in [0.3, 0.4) is 0 Å².